The number of methoxy groups -OCH3 is 1. The molecule has 0 heterocycles. The first-order chi connectivity index (χ1) is 5.14. The molecule has 11 heavy (non-hydrogen) atoms. The Balaban J connectivity index is 2.36. The van der Waals surface area contributed by atoms with Crippen molar-refractivity contribution in [3.05, 3.63) is 0 Å². The van der Waals surface area contributed by atoms with Crippen molar-refractivity contribution in [1.29, 1.82) is 0 Å². The summed E-state index contributed by atoms with van der Waals surface area (Å²) in [6.45, 7) is 4.19. The third kappa shape index (κ3) is 1.53. The van der Waals surface area contributed by atoms with E-state index < -0.39 is 0 Å². The van der Waals surface area contributed by atoms with E-state index in [-0.39, 0.29) is 17.5 Å². The number of hydrogen-bond acceptors (Lipinski definition) is 3. The fraction of sp³-hybridized carbons (Fsp3) is 0.875. The van der Waals surface area contributed by atoms with Crippen molar-refractivity contribution in [2.75, 3.05) is 13.7 Å². The molecule has 3 heteroatoms. The minimum absolute atomic E-state index is 0.0348. The zero-order valence-corrected chi connectivity index (χ0v) is 7.22. The summed E-state index contributed by atoms with van der Waals surface area (Å²) >= 11 is 0. The van der Waals surface area contributed by atoms with Crippen LogP contribution in [0.2, 0.25) is 0 Å². The van der Waals surface area contributed by atoms with Crippen molar-refractivity contribution in [3.8, 4) is 0 Å². The van der Waals surface area contributed by atoms with Gasteiger partial charge in [-0.05, 0) is 20.3 Å². The third-order valence-electron chi connectivity index (χ3n) is 2.22. The quantitative estimate of drug-likeness (QED) is 0.574. The maximum Gasteiger partial charge on any atom is 0.311 e. The van der Waals surface area contributed by atoms with Crippen molar-refractivity contribution in [2.45, 2.75) is 25.9 Å². The Kier molecular flexibility index (Phi) is 2.18. The van der Waals surface area contributed by atoms with Crippen molar-refractivity contribution in [2.24, 2.45) is 5.92 Å². The molecule has 0 aromatic carbocycles. The van der Waals surface area contributed by atoms with Crippen molar-refractivity contribution >= 4 is 5.97 Å². The van der Waals surface area contributed by atoms with E-state index in [0.717, 1.165) is 6.42 Å². The molecule has 0 unspecified atom stereocenters. The van der Waals surface area contributed by atoms with Gasteiger partial charge >= 0.3 is 5.97 Å². The molecule has 0 saturated heterocycles. The SMILES string of the molecule is CCOC(=O)[C@@H]1C[C@@]1(C)OC. The van der Waals surface area contributed by atoms with Gasteiger partial charge < -0.3 is 9.47 Å². The van der Waals surface area contributed by atoms with Gasteiger partial charge in [0.15, 0.2) is 0 Å². The number of carbonyl (C=O) groups is 1. The van der Waals surface area contributed by atoms with Gasteiger partial charge in [0.25, 0.3) is 0 Å². The molecular formula is C8H14O3. The Morgan fingerprint density at radius 3 is 2.73 bits per heavy atom. The number of rotatable bonds is 3. The lowest BCUT2D eigenvalue weighted by molar-refractivity contribution is -0.146. The van der Waals surface area contributed by atoms with Crippen LogP contribution < -0.4 is 0 Å². The summed E-state index contributed by atoms with van der Waals surface area (Å²) in [6, 6.07) is 0. The molecule has 0 spiro atoms. The average Bonchev–Trinajstić information content (AvgIpc) is 2.65. The fourth-order valence-corrected chi connectivity index (χ4v) is 1.15. The highest BCUT2D eigenvalue weighted by molar-refractivity contribution is 5.77. The maximum absolute atomic E-state index is 11.1. The Hall–Kier alpha value is -0.570. The molecule has 0 amide bonds. The summed E-state index contributed by atoms with van der Waals surface area (Å²) in [5.41, 5.74) is -0.244. The normalized spacial score (nSPS) is 35.0. The van der Waals surface area contributed by atoms with E-state index in [1.807, 2.05) is 13.8 Å². The number of ether oxygens (including phenoxy) is 2. The molecule has 0 aromatic rings. The van der Waals surface area contributed by atoms with Crippen LogP contribution >= 0.6 is 0 Å². The van der Waals surface area contributed by atoms with Gasteiger partial charge in [0.2, 0.25) is 0 Å². The van der Waals surface area contributed by atoms with Crippen molar-refractivity contribution < 1.29 is 14.3 Å². The van der Waals surface area contributed by atoms with Crippen LogP contribution in [0.3, 0.4) is 0 Å². The fourth-order valence-electron chi connectivity index (χ4n) is 1.15. The number of esters is 1. The van der Waals surface area contributed by atoms with Crippen LogP contribution in [0.15, 0.2) is 0 Å². The van der Waals surface area contributed by atoms with E-state index >= 15 is 0 Å². The van der Waals surface area contributed by atoms with Gasteiger partial charge in [-0.15, -0.1) is 0 Å². The average molecular weight is 158 g/mol. The third-order valence-corrected chi connectivity index (χ3v) is 2.22. The first-order valence-electron chi connectivity index (χ1n) is 3.86. The Morgan fingerprint density at radius 2 is 2.36 bits per heavy atom. The minimum atomic E-state index is -0.244. The maximum atomic E-state index is 11.1. The second-order valence-electron chi connectivity index (χ2n) is 3.03. The second-order valence-corrected chi connectivity index (χ2v) is 3.03. The smallest absolute Gasteiger partial charge is 0.311 e. The topological polar surface area (TPSA) is 35.5 Å². The standard InChI is InChI=1S/C8H14O3/c1-4-11-7(9)6-5-8(6,2)10-3/h6H,4-5H2,1-3H3/t6-,8+/m0/s1. The van der Waals surface area contributed by atoms with E-state index in [1.165, 1.54) is 0 Å². The predicted octanol–water partition coefficient (Wildman–Crippen LogP) is 0.975. The summed E-state index contributed by atoms with van der Waals surface area (Å²) in [6.07, 6.45) is 0.794. The molecule has 1 aliphatic carbocycles. The minimum Gasteiger partial charge on any atom is -0.466 e. The van der Waals surface area contributed by atoms with E-state index in [2.05, 4.69) is 0 Å². The van der Waals surface area contributed by atoms with E-state index in [4.69, 9.17) is 9.47 Å². The highest BCUT2D eigenvalue weighted by Crippen LogP contribution is 2.46. The van der Waals surface area contributed by atoms with Crippen LogP contribution in [0.25, 0.3) is 0 Å². The molecule has 1 saturated carbocycles. The summed E-state index contributed by atoms with van der Waals surface area (Å²) in [5, 5.41) is 0. The highest BCUT2D eigenvalue weighted by atomic mass is 16.5. The van der Waals surface area contributed by atoms with Gasteiger partial charge in [-0.1, -0.05) is 0 Å². The van der Waals surface area contributed by atoms with Crippen LogP contribution in [0.4, 0.5) is 0 Å². The highest BCUT2D eigenvalue weighted by Gasteiger charge is 2.56. The van der Waals surface area contributed by atoms with Crippen LogP contribution in [-0.4, -0.2) is 25.3 Å². The molecular weight excluding hydrogens is 144 g/mol. The molecule has 0 radical (unpaired) electrons. The van der Waals surface area contributed by atoms with E-state index in [9.17, 15) is 4.79 Å². The molecule has 0 bridgehead atoms. The van der Waals surface area contributed by atoms with Gasteiger partial charge in [0.05, 0.1) is 18.1 Å². The Bertz CT molecular complexity index is 167. The first-order valence-corrected chi connectivity index (χ1v) is 3.86. The van der Waals surface area contributed by atoms with Gasteiger partial charge in [0.1, 0.15) is 0 Å². The lowest BCUT2D eigenvalue weighted by Gasteiger charge is -2.07. The number of hydrogen-bond donors (Lipinski definition) is 0. The van der Waals surface area contributed by atoms with Gasteiger partial charge in [0, 0.05) is 7.11 Å². The Morgan fingerprint density at radius 1 is 1.73 bits per heavy atom. The molecule has 1 fully saturated rings. The second kappa shape index (κ2) is 2.81. The zero-order valence-electron chi connectivity index (χ0n) is 7.22. The predicted molar refractivity (Wildman–Crippen MR) is 40.2 cm³/mol. The molecule has 0 N–H and O–H groups in total. The summed E-state index contributed by atoms with van der Waals surface area (Å²) in [5.74, 6) is -0.163. The summed E-state index contributed by atoms with van der Waals surface area (Å²) in [7, 11) is 1.62. The summed E-state index contributed by atoms with van der Waals surface area (Å²) in [4.78, 5) is 11.1. The van der Waals surface area contributed by atoms with Crippen LogP contribution in [0, 0.1) is 5.92 Å². The zero-order chi connectivity index (χ0) is 8.48. The van der Waals surface area contributed by atoms with Gasteiger partial charge in [-0.3, -0.25) is 4.79 Å². The molecule has 3 nitrogen and oxygen atoms in total. The lowest BCUT2D eigenvalue weighted by atomic mass is 10.3. The summed E-state index contributed by atoms with van der Waals surface area (Å²) < 4.78 is 9.97. The molecule has 1 aliphatic rings. The molecule has 64 valence electrons. The Labute approximate surface area is 66.7 Å². The molecule has 0 aliphatic heterocycles. The largest absolute Gasteiger partial charge is 0.466 e. The van der Waals surface area contributed by atoms with Crippen LogP contribution in [0.5, 0.6) is 0 Å². The molecule has 0 aromatic heterocycles. The van der Waals surface area contributed by atoms with Gasteiger partial charge in [-0.25, -0.2) is 0 Å². The first kappa shape index (κ1) is 8.53. The van der Waals surface area contributed by atoms with E-state index in [0.29, 0.717) is 6.61 Å². The van der Waals surface area contributed by atoms with Gasteiger partial charge in [-0.2, -0.15) is 0 Å². The van der Waals surface area contributed by atoms with Crippen molar-refractivity contribution in [1.82, 2.24) is 0 Å². The van der Waals surface area contributed by atoms with Crippen molar-refractivity contribution in [3.63, 3.8) is 0 Å². The number of carbonyl (C=O) groups excluding carboxylic acids is 1. The molecule has 1 rings (SSSR count). The van der Waals surface area contributed by atoms with E-state index in [1.54, 1.807) is 7.11 Å². The lowest BCUT2D eigenvalue weighted by Crippen LogP contribution is -2.17. The molecule has 2 atom stereocenters. The van der Waals surface area contributed by atoms with Crippen LogP contribution in [-0.2, 0) is 14.3 Å². The van der Waals surface area contributed by atoms with Crippen LogP contribution in [0.1, 0.15) is 20.3 Å². The monoisotopic (exact) mass is 158 g/mol.